The number of hydrogen-bond acceptors (Lipinski definition) is 3. The monoisotopic (exact) mass is 282 g/mol. The fraction of sp³-hybridized carbons (Fsp3) is 0.750. The second-order valence-electron chi connectivity index (χ2n) is 5.46. The van der Waals surface area contributed by atoms with E-state index in [1.807, 2.05) is 0 Å². The summed E-state index contributed by atoms with van der Waals surface area (Å²) >= 11 is 1.76. The molecule has 0 saturated heterocycles. The topological polar surface area (TPSA) is 38.0 Å². The number of thiophene rings is 1. The minimum atomic E-state index is 0.440. The largest absolute Gasteiger partial charge is 0.271 e. The predicted octanol–water partition coefficient (Wildman–Crippen LogP) is 4.65. The Morgan fingerprint density at radius 3 is 2.37 bits per heavy atom. The van der Waals surface area contributed by atoms with Crippen molar-refractivity contribution in [3.8, 4) is 0 Å². The first-order valence-electron chi connectivity index (χ1n) is 7.84. The van der Waals surface area contributed by atoms with Gasteiger partial charge in [-0.05, 0) is 35.2 Å². The van der Waals surface area contributed by atoms with E-state index in [-0.39, 0.29) is 0 Å². The third kappa shape index (κ3) is 8.40. The first-order chi connectivity index (χ1) is 9.36. The number of hydrogen-bond donors (Lipinski definition) is 2. The molecule has 3 N–H and O–H groups in total. The number of unbranched alkanes of at least 4 members (excludes halogenated alkanes) is 7. The summed E-state index contributed by atoms with van der Waals surface area (Å²) < 4.78 is 0. The summed E-state index contributed by atoms with van der Waals surface area (Å²) in [7, 11) is 0. The van der Waals surface area contributed by atoms with Gasteiger partial charge >= 0.3 is 0 Å². The highest BCUT2D eigenvalue weighted by atomic mass is 32.1. The zero-order valence-electron chi connectivity index (χ0n) is 12.4. The third-order valence-electron chi connectivity index (χ3n) is 3.70. The minimum Gasteiger partial charge on any atom is -0.271 e. The molecule has 3 heteroatoms. The van der Waals surface area contributed by atoms with E-state index < -0.39 is 0 Å². The molecule has 0 radical (unpaired) electrons. The van der Waals surface area contributed by atoms with E-state index in [1.165, 1.54) is 63.4 Å². The summed E-state index contributed by atoms with van der Waals surface area (Å²) in [5.74, 6) is 5.64. The fourth-order valence-corrected chi connectivity index (χ4v) is 3.14. The predicted molar refractivity (Wildman–Crippen MR) is 86.4 cm³/mol. The molecule has 1 unspecified atom stereocenters. The van der Waals surface area contributed by atoms with Crippen LogP contribution in [-0.4, -0.2) is 6.04 Å². The Balaban J connectivity index is 1.97. The zero-order chi connectivity index (χ0) is 13.8. The minimum absolute atomic E-state index is 0.440. The van der Waals surface area contributed by atoms with Gasteiger partial charge in [0.15, 0.2) is 0 Å². The van der Waals surface area contributed by atoms with Crippen LogP contribution in [0.1, 0.15) is 70.3 Å². The SMILES string of the molecule is CCCCCCCCCCC(Cc1ccsc1)NN. The number of nitrogens with one attached hydrogen (secondary N) is 1. The van der Waals surface area contributed by atoms with Crippen molar-refractivity contribution in [2.24, 2.45) is 5.84 Å². The lowest BCUT2D eigenvalue weighted by molar-refractivity contribution is 0.458. The molecular formula is C16H30N2S. The van der Waals surface area contributed by atoms with Crippen LogP contribution < -0.4 is 11.3 Å². The standard InChI is InChI=1S/C16H30N2S/c1-2-3-4-5-6-7-8-9-10-16(18-17)13-15-11-12-19-14-15/h11-12,14,16,18H,2-10,13,17H2,1H3. The molecule has 0 saturated carbocycles. The molecule has 0 aliphatic carbocycles. The van der Waals surface area contributed by atoms with Crippen molar-refractivity contribution in [3.05, 3.63) is 22.4 Å². The van der Waals surface area contributed by atoms with Gasteiger partial charge in [0, 0.05) is 6.04 Å². The van der Waals surface area contributed by atoms with Crippen LogP contribution in [0.3, 0.4) is 0 Å². The van der Waals surface area contributed by atoms with Crippen molar-refractivity contribution in [2.75, 3.05) is 0 Å². The van der Waals surface area contributed by atoms with Gasteiger partial charge in [0.25, 0.3) is 0 Å². The summed E-state index contributed by atoms with van der Waals surface area (Å²) in [4.78, 5) is 0. The normalized spacial score (nSPS) is 12.7. The van der Waals surface area contributed by atoms with Crippen LogP contribution in [0, 0.1) is 0 Å². The Bertz CT molecular complexity index is 285. The molecule has 1 heterocycles. The number of hydrazine groups is 1. The molecule has 0 aliphatic heterocycles. The van der Waals surface area contributed by atoms with Gasteiger partial charge in [0.05, 0.1) is 0 Å². The summed E-state index contributed by atoms with van der Waals surface area (Å²) in [6.45, 7) is 2.27. The smallest absolute Gasteiger partial charge is 0.0251 e. The number of rotatable bonds is 12. The molecule has 0 fully saturated rings. The van der Waals surface area contributed by atoms with Crippen molar-refractivity contribution in [1.82, 2.24) is 5.43 Å². The Labute approximate surface area is 122 Å². The molecule has 110 valence electrons. The van der Waals surface area contributed by atoms with Crippen LogP contribution in [0.25, 0.3) is 0 Å². The Morgan fingerprint density at radius 2 is 1.79 bits per heavy atom. The average Bonchev–Trinajstić information content (AvgIpc) is 2.93. The maximum atomic E-state index is 5.64. The molecule has 0 amide bonds. The first kappa shape index (κ1) is 16.7. The molecule has 0 spiro atoms. The lowest BCUT2D eigenvalue weighted by atomic mass is 10.0. The molecule has 1 aromatic rings. The second kappa shape index (κ2) is 11.4. The van der Waals surface area contributed by atoms with E-state index in [4.69, 9.17) is 5.84 Å². The van der Waals surface area contributed by atoms with Crippen LogP contribution in [0.4, 0.5) is 0 Å². The molecule has 2 nitrogen and oxygen atoms in total. The van der Waals surface area contributed by atoms with E-state index in [0.717, 1.165) is 6.42 Å². The Hall–Kier alpha value is -0.380. The van der Waals surface area contributed by atoms with Crippen molar-refractivity contribution < 1.29 is 0 Å². The third-order valence-corrected chi connectivity index (χ3v) is 4.44. The van der Waals surface area contributed by atoms with Crippen LogP contribution in [0.2, 0.25) is 0 Å². The lowest BCUT2D eigenvalue weighted by Gasteiger charge is -2.14. The van der Waals surface area contributed by atoms with Crippen molar-refractivity contribution in [1.29, 1.82) is 0 Å². The van der Waals surface area contributed by atoms with Crippen LogP contribution >= 0.6 is 11.3 Å². The molecule has 0 aliphatic rings. The van der Waals surface area contributed by atoms with Gasteiger partial charge < -0.3 is 0 Å². The molecule has 19 heavy (non-hydrogen) atoms. The maximum Gasteiger partial charge on any atom is 0.0251 e. The van der Waals surface area contributed by atoms with E-state index >= 15 is 0 Å². The molecular weight excluding hydrogens is 252 g/mol. The lowest BCUT2D eigenvalue weighted by Crippen LogP contribution is -2.36. The van der Waals surface area contributed by atoms with Crippen LogP contribution in [0.15, 0.2) is 16.8 Å². The van der Waals surface area contributed by atoms with Gasteiger partial charge in [-0.2, -0.15) is 11.3 Å². The number of nitrogens with two attached hydrogens (primary N) is 1. The molecule has 1 aromatic heterocycles. The van der Waals surface area contributed by atoms with Crippen molar-refractivity contribution in [2.45, 2.75) is 77.2 Å². The maximum absolute atomic E-state index is 5.64. The van der Waals surface area contributed by atoms with E-state index in [0.29, 0.717) is 6.04 Å². The van der Waals surface area contributed by atoms with Gasteiger partial charge in [0.2, 0.25) is 0 Å². The van der Waals surface area contributed by atoms with E-state index in [2.05, 4.69) is 29.2 Å². The first-order valence-corrected chi connectivity index (χ1v) is 8.78. The summed E-state index contributed by atoms with van der Waals surface area (Å²) in [6.07, 6.45) is 13.3. The van der Waals surface area contributed by atoms with E-state index in [9.17, 15) is 0 Å². The average molecular weight is 282 g/mol. The molecule has 1 rings (SSSR count). The summed E-state index contributed by atoms with van der Waals surface area (Å²) in [5.41, 5.74) is 4.37. The van der Waals surface area contributed by atoms with Crippen molar-refractivity contribution in [3.63, 3.8) is 0 Å². The van der Waals surface area contributed by atoms with Crippen molar-refractivity contribution >= 4 is 11.3 Å². The molecule has 1 atom stereocenters. The highest BCUT2D eigenvalue weighted by Gasteiger charge is 2.07. The summed E-state index contributed by atoms with van der Waals surface area (Å²) in [5, 5.41) is 4.36. The molecule has 0 aromatic carbocycles. The van der Waals surface area contributed by atoms with Gasteiger partial charge in [-0.25, -0.2) is 0 Å². The van der Waals surface area contributed by atoms with E-state index in [1.54, 1.807) is 11.3 Å². The van der Waals surface area contributed by atoms with Gasteiger partial charge in [0.1, 0.15) is 0 Å². The molecule has 0 bridgehead atoms. The fourth-order valence-electron chi connectivity index (χ4n) is 2.46. The summed E-state index contributed by atoms with van der Waals surface area (Å²) in [6, 6.07) is 2.64. The second-order valence-corrected chi connectivity index (χ2v) is 6.24. The Morgan fingerprint density at radius 1 is 1.11 bits per heavy atom. The zero-order valence-corrected chi connectivity index (χ0v) is 13.2. The highest BCUT2D eigenvalue weighted by molar-refractivity contribution is 7.07. The van der Waals surface area contributed by atoms with Crippen LogP contribution in [0.5, 0.6) is 0 Å². The van der Waals surface area contributed by atoms with Gasteiger partial charge in [-0.1, -0.05) is 58.3 Å². The highest BCUT2D eigenvalue weighted by Crippen LogP contribution is 2.14. The quantitative estimate of drug-likeness (QED) is 0.332. The van der Waals surface area contributed by atoms with Crippen LogP contribution in [-0.2, 0) is 6.42 Å². The van der Waals surface area contributed by atoms with Gasteiger partial charge in [-0.3, -0.25) is 11.3 Å². The Kier molecular flexibility index (Phi) is 10.0. The van der Waals surface area contributed by atoms with Gasteiger partial charge in [-0.15, -0.1) is 0 Å².